The molecule has 0 spiro atoms. The van der Waals surface area contributed by atoms with Crippen molar-refractivity contribution < 1.29 is 28.0 Å². The van der Waals surface area contributed by atoms with Crippen LogP contribution in [0.1, 0.15) is 10.4 Å². The lowest BCUT2D eigenvalue weighted by Crippen LogP contribution is -2.14. The van der Waals surface area contributed by atoms with Gasteiger partial charge in [0.2, 0.25) is 5.75 Å². The predicted octanol–water partition coefficient (Wildman–Crippen LogP) is 0.716. The number of hydrogen-bond acceptors (Lipinski definition) is 6. The fourth-order valence-corrected chi connectivity index (χ4v) is 1.67. The first-order valence-electron chi connectivity index (χ1n) is 5.03. The zero-order valence-corrected chi connectivity index (χ0v) is 10.7. The minimum atomic E-state index is -3.30. The summed E-state index contributed by atoms with van der Waals surface area (Å²) in [5.74, 6) is -2.19. The Morgan fingerprint density at radius 3 is 2.58 bits per heavy atom. The summed E-state index contributed by atoms with van der Waals surface area (Å²) in [7, 11) is -3.30. The fourth-order valence-electron chi connectivity index (χ4n) is 1.28. The average Bonchev–Trinajstić information content (AvgIpc) is 2.26. The Labute approximate surface area is 108 Å². The molecule has 0 saturated carbocycles. The minimum absolute atomic E-state index is 0.357. The van der Waals surface area contributed by atoms with Gasteiger partial charge in [0.15, 0.2) is 9.84 Å². The normalized spacial score (nSPS) is 11.0. The molecule has 1 rings (SSSR count). The maximum atomic E-state index is 10.9. The fraction of sp³-hybridized carbons (Fsp3) is 0.300. The van der Waals surface area contributed by atoms with Crippen LogP contribution < -0.4 is 4.74 Å². The number of rotatable bonds is 6. The molecule has 0 heterocycles. The van der Waals surface area contributed by atoms with E-state index in [2.05, 4.69) is 0 Å². The van der Waals surface area contributed by atoms with Crippen molar-refractivity contribution in [2.75, 3.05) is 18.6 Å². The molecule has 1 aromatic carbocycles. The van der Waals surface area contributed by atoms with Crippen LogP contribution in [0.5, 0.6) is 5.75 Å². The van der Waals surface area contributed by atoms with Crippen LogP contribution in [0.4, 0.5) is 5.69 Å². The number of benzene rings is 1. The third-order valence-electron chi connectivity index (χ3n) is 2.12. The van der Waals surface area contributed by atoms with Crippen LogP contribution in [0.2, 0.25) is 0 Å². The number of hydrogen-bond donors (Lipinski definition) is 1. The summed E-state index contributed by atoms with van der Waals surface area (Å²) < 4.78 is 26.8. The summed E-state index contributed by atoms with van der Waals surface area (Å²) in [6.07, 6.45) is 0.980. The Morgan fingerprint density at radius 2 is 2.11 bits per heavy atom. The number of nitrogens with zero attached hydrogens (tertiary/aromatic N) is 1. The van der Waals surface area contributed by atoms with Crippen molar-refractivity contribution >= 4 is 21.5 Å². The molecule has 1 aromatic rings. The van der Waals surface area contributed by atoms with Gasteiger partial charge in [0, 0.05) is 12.3 Å². The van der Waals surface area contributed by atoms with Crippen LogP contribution in [0.3, 0.4) is 0 Å². The highest BCUT2D eigenvalue weighted by Gasteiger charge is 2.23. The largest absolute Gasteiger partial charge is 0.485 e. The van der Waals surface area contributed by atoms with Crippen LogP contribution in [0.15, 0.2) is 18.2 Å². The number of carboxylic acid groups (broad SMARTS) is 1. The Hall–Kier alpha value is -2.16. The highest BCUT2D eigenvalue weighted by Crippen LogP contribution is 2.30. The first-order chi connectivity index (χ1) is 8.72. The standard InChI is InChI=1S/C10H11NO7S/c1-19(16,17)6-5-18-9-7(10(12)13)3-2-4-8(9)11(14)15/h2-4H,5-6H2,1H3,(H,12,13). The molecule has 0 aliphatic heterocycles. The number of carbonyl (C=O) groups is 1. The lowest BCUT2D eigenvalue weighted by Gasteiger charge is -2.08. The van der Waals surface area contributed by atoms with E-state index in [0.717, 1.165) is 18.4 Å². The Bertz CT molecular complexity index is 576. The van der Waals surface area contributed by atoms with Crippen LogP contribution in [-0.4, -0.2) is 43.0 Å². The van der Waals surface area contributed by atoms with E-state index in [4.69, 9.17) is 9.84 Å². The van der Waals surface area contributed by atoms with Crippen molar-refractivity contribution in [3.8, 4) is 5.75 Å². The van der Waals surface area contributed by atoms with Gasteiger partial charge in [-0.05, 0) is 6.07 Å². The molecule has 0 radical (unpaired) electrons. The quantitative estimate of drug-likeness (QED) is 0.604. The molecule has 104 valence electrons. The van der Waals surface area contributed by atoms with Gasteiger partial charge in [-0.3, -0.25) is 10.1 Å². The second kappa shape index (κ2) is 5.65. The van der Waals surface area contributed by atoms with E-state index in [1.165, 1.54) is 6.07 Å². The summed E-state index contributed by atoms with van der Waals surface area (Å²) in [6.45, 7) is -0.357. The van der Waals surface area contributed by atoms with Crippen molar-refractivity contribution in [1.29, 1.82) is 0 Å². The van der Waals surface area contributed by atoms with E-state index in [-0.39, 0.29) is 17.9 Å². The van der Waals surface area contributed by atoms with Gasteiger partial charge in [0.25, 0.3) is 0 Å². The van der Waals surface area contributed by atoms with Crippen molar-refractivity contribution in [2.24, 2.45) is 0 Å². The van der Waals surface area contributed by atoms with E-state index < -0.39 is 32.2 Å². The highest BCUT2D eigenvalue weighted by molar-refractivity contribution is 7.90. The smallest absolute Gasteiger partial charge is 0.339 e. The lowest BCUT2D eigenvalue weighted by molar-refractivity contribution is -0.385. The SMILES string of the molecule is CS(=O)(=O)CCOc1c(C(=O)O)cccc1[N+](=O)[O-]. The Kier molecular flexibility index (Phi) is 4.43. The topological polar surface area (TPSA) is 124 Å². The van der Waals surface area contributed by atoms with Gasteiger partial charge in [0.05, 0.1) is 10.7 Å². The third-order valence-corrected chi connectivity index (χ3v) is 3.03. The van der Waals surface area contributed by atoms with E-state index in [0.29, 0.717) is 0 Å². The maximum Gasteiger partial charge on any atom is 0.339 e. The van der Waals surface area contributed by atoms with Crippen molar-refractivity contribution in [3.63, 3.8) is 0 Å². The number of sulfone groups is 1. The van der Waals surface area contributed by atoms with Gasteiger partial charge in [0.1, 0.15) is 12.2 Å². The molecular weight excluding hydrogens is 278 g/mol. The zero-order valence-electron chi connectivity index (χ0n) is 9.90. The van der Waals surface area contributed by atoms with Crippen LogP contribution in [-0.2, 0) is 9.84 Å². The summed E-state index contributed by atoms with van der Waals surface area (Å²) in [4.78, 5) is 20.9. The molecule has 0 atom stereocenters. The van der Waals surface area contributed by atoms with Crippen molar-refractivity contribution in [2.45, 2.75) is 0 Å². The van der Waals surface area contributed by atoms with Gasteiger partial charge in [-0.25, -0.2) is 13.2 Å². The molecule has 0 aliphatic carbocycles. The molecule has 1 N–H and O–H groups in total. The van der Waals surface area contributed by atoms with Crippen molar-refractivity contribution in [3.05, 3.63) is 33.9 Å². The molecular formula is C10H11NO7S. The number of nitro groups is 1. The van der Waals surface area contributed by atoms with Gasteiger partial charge in [-0.15, -0.1) is 0 Å². The molecule has 0 aliphatic rings. The average molecular weight is 289 g/mol. The number of carboxylic acids is 1. The van der Waals surface area contributed by atoms with Crippen molar-refractivity contribution in [1.82, 2.24) is 0 Å². The molecule has 9 heteroatoms. The second-order valence-corrected chi connectivity index (χ2v) is 5.95. The lowest BCUT2D eigenvalue weighted by atomic mass is 10.2. The van der Waals surface area contributed by atoms with Crippen LogP contribution >= 0.6 is 0 Å². The summed E-state index contributed by atoms with van der Waals surface area (Å²) >= 11 is 0. The predicted molar refractivity (Wildman–Crippen MR) is 65.3 cm³/mol. The monoisotopic (exact) mass is 289 g/mol. The maximum absolute atomic E-state index is 10.9. The molecule has 0 saturated heterocycles. The number of para-hydroxylation sites is 1. The van der Waals surface area contributed by atoms with Crippen LogP contribution in [0.25, 0.3) is 0 Å². The Morgan fingerprint density at radius 1 is 1.47 bits per heavy atom. The first-order valence-corrected chi connectivity index (χ1v) is 7.09. The van der Waals surface area contributed by atoms with Gasteiger partial charge < -0.3 is 9.84 Å². The van der Waals surface area contributed by atoms with Gasteiger partial charge in [-0.2, -0.15) is 0 Å². The zero-order chi connectivity index (χ0) is 14.6. The number of ether oxygens (including phenoxy) is 1. The van der Waals surface area contributed by atoms with E-state index in [1.807, 2.05) is 0 Å². The number of aromatic carboxylic acids is 1. The van der Waals surface area contributed by atoms with E-state index >= 15 is 0 Å². The molecule has 0 unspecified atom stereocenters. The van der Waals surface area contributed by atoms with Gasteiger partial charge >= 0.3 is 11.7 Å². The molecule has 0 aromatic heterocycles. The van der Waals surface area contributed by atoms with Gasteiger partial charge in [-0.1, -0.05) is 6.07 Å². The molecule has 0 fully saturated rings. The highest BCUT2D eigenvalue weighted by atomic mass is 32.2. The molecule has 0 amide bonds. The molecule has 8 nitrogen and oxygen atoms in total. The number of nitro benzene ring substituents is 1. The molecule has 19 heavy (non-hydrogen) atoms. The first kappa shape index (κ1) is 14.9. The minimum Gasteiger partial charge on any atom is -0.485 e. The van der Waals surface area contributed by atoms with Crippen LogP contribution in [0, 0.1) is 10.1 Å². The summed E-state index contributed by atoms with van der Waals surface area (Å²) in [5.41, 5.74) is -0.906. The van der Waals surface area contributed by atoms with E-state index in [1.54, 1.807) is 0 Å². The Balaban J connectivity index is 3.08. The summed E-state index contributed by atoms with van der Waals surface area (Å²) in [5, 5.41) is 19.7. The molecule has 0 bridgehead atoms. The van der Waals surface area contributed by atoms with E-state index in [9.17, 15) is 23.3 Å². The summed E-state index contributed by atoms with van der Waals surface area (Å²) in [6, 6.07) is 3.44. The second-order valence-electron chi connectivity index (χ2n) is 3.69. The third kappa shape index (κ3) is 4.21.